The van der Waals surface area contributed by atoms with Gasteiger partial charge < -0.3 is 9.08 Å². The van der Waals surface area contributed by atoms with Gasteiger partial charge in [0.2, 0.25) is 0 Å². The first-order valence-electron chi connectivity index (χ1n) is 5.29. The SMILES string of the molecule is CC(C)OSCCN1CCCCC1. The van der Waals surface area contributed by atoms with Crippen molar-refractivity contribution in [1.29, 1.82) is 0 Å². The molecule has 0 unspecified atom stereocenters. The minimum Gasteiger partial charge on any atom is -0.313 e. The van der Waals surface area contributed by atoms with Gasteiger partial charge in [-0.15, -0.1) is 0 Å². The lowest BCUT2D eigenvalue weighted by Gasteiger charge is -2.25. The molecule has 1 saturated heterocycles. The highest BCUT2D eigenvalue weighted by molar-refractivity contribution is 7.94. The van der Waals surface area contributed by atoms with Crippen molar-refractivity contribution >= 4 is 12.0 Å². The number of rotatable bonds is 5. The van der Waals surface area contributed by atoms with Crippen molar-refractivity contribution in [2.75, 3.05) is 25.4 Å². The summed E-state index contributed by atoms with van der Waals surface area (Å²) in [6.07, 6.45) is 4.55. The summed E-state index contributed by atoms with van der Waals surface area (Å²) in [5.41, 5.74) is 0. The van der Waals surface area contributed by atoms with Gasteiger partial charge in [0.1, 0.15) is 0 Å². The van der Waals surface area contributed by atoms with Gasteiger partial charge in [-0.1, -0.05) is 6.42 Å². The summed E-state index contributed by atoms with van der Waals surface area (Å²) in [6, 6.07) is 0. The van der Waals surface area contributed by atoms with Gasteiger partial charge in [-0.05, 0) is 51.8 Å². The first-order valence-corrected chi connectivity index (χ1v) is 6.21. The summed E-state index contributed by atoms with van der Waals surface area (Å²) in [5.74, 6) is 1.11. The Morgan fingerprint density at radius 2 is 1.92 bits per heavy atom. The van der Waals surface area contributed by atoms with Crippen molar-refractivity contribution in [3.05, 3.63) is 0 Å². The Kier molecular flexibility index (Phi) is 5.83. The molecule has 13 heavy (non-hydrogen) atoms. The van der Waals surface area contributed by atoms with Crippen LogP contribution in [0.1, 0.15) is 33.1 Å². The van der Waals surface area contributed by atoms with E-state index in [0.29, 0.717) is 6.10 Å². The van der Waals surface area contributed by atoms with E-state index in [9.17, 15) is 0 Å². The first-order chi connectivity index (χ1) is 6.29. The molecule has 0 radical (unpaired) electrons. The molecule has 1 fully saturated rings. The monoisotopic (exact) mass is 203 g/mol. The van der Waals surface area contributed by atoms with Crippen LogP contribution in [0.3, 0.4) is 0 Å². The molecule has 0 N–H and O–H groups in total. The van der Waals surface area contributed by atoms with Crippen LogP contribution < -0.4 is 0 Å². The molecule has 0 aromatic rings. The standard InChI is InChI=1S/C10H21NOS/c1-10(2)12-13-9-8-11-6-4-3-5-7-11/h10H,3-9H2,1-2H3. The highest BCUT2D eigenvalue weighted by Gasteiger charge is 2.09. The molecule has 0 aromatic carbocycles. The van der Waals surface area contributed by atoms with E-state index in [-0.39, 0.29) is 0 Å². The molecular weight excluding hydrogens is 182 g/mol. The van der Waals surface area contributed by atoms with Crippen LogP contribution >= 0.6 is 12.0 Å². The van der Waals surface area contributed by atoms with Crippen molar-refractivity contribution in [2.24, 2.45) is 0 Å². The number of hydrogen-bond donors (Lipinski definition) is 0. The van der Waals surface area contributed by atoms with Crippen molar-refractivity contribution in [3.63, 3.8) is 0 Å². The van der Waals surface area contributed by atoms with E-state index in [4.69, 9.17) is 4.18 Å². The van der Waals surface area contributed by atoms with Crippen LogP contribution in [0.4, 0.5) is 0 Å². The van der Waals surface area contributed by atoms with Crippen LogP contribution in [0, 0.1) is 0 Å². The van der Waals surface area contributed by atoms with Crippen molar-refractivity contribution < 1.29 is 4.18 Å². The highest BCUT2D eigenvalue weighted by Crippen LogP contribution is 2.11. The molecule has 0 amide bonds. The fourth-order valence-corrected chi connectivity index (χ4v) is 2.23. The Morgan fingerprint density at radius 3 is 2.54 bits per heavy atom. The van der Waals surface area contributed by atoms with Gasteiger partial charge in [-0.25, -0.2) is 0 Å². The van der Waals surface area contributed by atoms with Gasteiger partial charge >= 0.3 is 0 Å². The summed E-state index contributed by atoms with van der Waals surface area (Å²) >= 11 is 1.61. The molecule has 0 atom stereocenters. The van der Waals surface area contributed by atoms with E-state index in [2.05, 4.69) is 18.7 Å². The molecular formula is C10H21NOS. The summed E-state index contributed by atoms with van der Waals surface area (Å²) in [5, 5.41) is 0. The number of hydrogen-bond acceptors (Lipinski definition) is 3. The Hall–Kier alpha value is 0.270. The average Bonchev–Trinajstić information content (AvgIpc) is 2.14. The number of piperidine rings is 1. The molecule has 1 heterocycles. The summed E-state index contributed by atoms with van der Waals surface area (Å²) in [7, 11) is 0. The van der Waals surface area contributed by atoms with Crippen molar-refractivity contribution in [1.82, 2.24) is 4.90 Å². The normalized spacial score (nSPS) is 19.6. The van der Waals surface area contributed by atoms with Crippen LogP contribution in [-0.4, -0.2) is 36.4 Å². The molecule has 2 nitrogen and oxygen atoms in total. The Bertz CT molecular complexity index is 124. The molecule has 3 heteroatoms. The van der Waals surface area contributed by atoms with Crippen molar-refractivity contribution in [2.45, 2.75) is 39.2 Å². The quantitative estimate of drug-likeness (QED) is 0.503. The molecule has 1 aliphatic heterocycles. The second-order valence-electron chi connectivity index (χ2n) is 3.87. The van der Waals surface area contributed by atoms with Gasteiger partial charge in [0, 0.05) is 12.3 Å². The molecule has 0 aliphatic carbocycles. The van der Waals surface area contributed by atoms with E-state index in [1.165, 1.54) is 38.9 Å². The lowest BCUT2D eigenvalue weighted by Crippen LogP contribution is -2.31. The van der Waals surface area contributed by atoms with Crippen molar-refractivity contribution in [3.8, 4) is 0 Å². The second kappa shape index (κ2) is 6.68. The predicted octanol–water partition coefficient (Wildman–Crippen LogP) is 2.55. The van der Waals surface area contributed by atoms with E-state index >= 15 is 0 Å². The largest absolute Gasteiger partial charge is 0.313 e. The summed E-state index contributed by atoms with van der Waals surface area (Å²) in [4.78, 5) is 2.54. The van der Waals surface area contributed by atoms with Crippen LogP contribution in [0.25, 0.3) is 0 Å². The van der Waals surface area contributed by atoms with Crippen LogP contribution in [0.15, 0.2) is 0 Å². The fraction of sp³-hybridized carbons (Fsp3) is 1.00. The zero-order valence-electron chi connectivity index (χ0n) is 8.79. The average molecular weight is 203 g/mol. The highest BCUT2D eigenvalue weighted by atomic mass is 32.2. The molecule has 0 spiro atoms. The topological polar surface area (TPSA) is 12.5 Å². The predicted molar refractivity (Wildman–Crippen MR) is 59.0 cm³/mol. The third kappa shape index (κ3) is 5.55. The maximum absolute atomic E-state index is 5.42. The van der Waals surface area contributed by atoms with Gasteiger partial charge in [0.05, 0.1) is 6.10 Å². The van der Waals surface area contributed by atoms with E-state index < -0.39 is 0 Å². The van der Waals surface area contributed by atoms with E-state index in [1.807, 2.05) is 0 Å². The molecule has 78 valence electrons. The van der Waals surface area contributed by atoms with Gasteiger partial charge in [-0.3, -0.25) is 0 Å². The number of nitrogens with zero attached hydrogens (tertiary/aromatic N) is 1. The smallest absolute Gasteiger partial charge is 0.0666 e. The van der Waals surface area contributed by atoms with Crippen LogP contribution in [-0.2, 0) is 4.18 Å². The zero-order valence-corrected chi connectivity index (χ0v) is 9.61. The Labute approximate surface area is 86.2 Å². The maximum Gasteiger partial charge on any atom is 0.0666 e. The Balaban J connectivity index is 1.92. The second-order valence-corrected chi connectivity index (χ2v) is 4.71. The molecule has 0 aromatic heterocycles. The van der Waals surface area contributed by atoms with Crippen LogP contribution in [0.5, 0.6) is 0 Å². The minimum atomic E-state index is 0.353. The van der Waals surface area contributed by atoms with Crippen LogP contribution in [0.2, 0.25) is 0 Å². The third-order valence-electron chi connectivity index (χ3n) is 2.20. The Morgan fingerprint density at radius 1 is 1.23 bits per heavy atom. The zero-order chi connectivity index (χ0) is 9.52. The van der Waals surface area contributed by atoms with E-state index in [0.717, 1.165) is 5.75 Å². The minimum absolute atomic E-state index is 0.353. The van der Waals surface area contributed by atoms with E-state index in [1.54, 1.807) is 12.0 Å². The number of likely N-dealkylation sites (tertiary alicyclic amines) is 1. The van der Waals surface area contributed by atoms with Gasteiger partial charge in [0.25, 0.3) is 0 Å². The molecule has 1 rings (SSSR count). The lowest BCUT2D eigenvalue weighted by atomic mass is 10.1. The molecule has 0 bridgehead atoms. The van der Waals surface area contributed by atoms with Gasteiger partial charge in [-0.2, -0.15) is 0 Å². The van der Waals surface area contributed by atoms with Gasteiger partial charge in [0.15, 0.2) is 0 Å². The molecule has 0 saturated carbocycles. The lowest BCUT2D eigenvalue weighted by molar-refractivity contribution is 0.238. The maximum atomic E-state index is 5.42. The summed E-state index contributed by atoms with van der Waals surface area (Å²) < 4.78 is 5.42. The fourth-order valence-electron chi connectivity index (χ4n) is 1.53. The third-order valence-corrected chi connectivity index (χ3v) is 3.07. The molecule has 1 aliphatic rings. The summed E-state index contributed by atoms with van der Waals surface area (Å²) in [6.45, 7) is 7.93. The first kappa shape index (κ1) is 11.3.